The molecule has 34 heavy (non-hydrogen) atoms. The van der Waals surface area contributed by atoms with Crippen LogP contribution in [0.2, 0.25) is 0 Å². The van der Waals surface area contributed by atoms with E-state index < -0.39 is 0 Å². The molecule has 1 aromatic heterocycles. The third kappa shape index (κ3) is 4.70. The molecular formula is C26H33N7O. The average molecular weight is 460 g/mol. The number of aromatic nitrogens is 1. The van der Waals surface area contributed by atoms with Crippen molar-refractivity contribution in [3.8, 4) is 6.07 Å². The Bertz CT molecular complexity index is 1070. The van der Waals surface area contributed by atoms with Crippen LogP contribution in [0.5, 0.6) is 0 Å². The number of allylic oxidation sites excluding steroid dienone is 1. The van der Waals surface area contributed by atoms with Crippen molar-refractivity contribution in [3.05, 3.63) is 29.1 Å². The van der Waals surface area contributed by atoms with Crippen LogP contribution in [0.15, 0.2) is 22.3 Å². The van der Waals surface area contributed by atoms with E-state index in [0.717, 1.165) is 54.9 Å². The summed E-state index contributed by atoms with van der Waals surface area (Å²) in [6.07, 6.45) is 11.7. The van der Waals surface area contributed by atoms with Crippen molar-refractivity contribution in [2.75, 3.05) is 38.1 Å². The summed E-state index contributed by atoms with van der Waals surface area (Å²) in [5.41, 5.74) is 9.19. The molecular weight excluding hydrogens is 426 g/mol. The molecule has 0 spiro atoms. The van der Waals surface area contributed by atoms with Crippen molar-refractivity contribution in [2.24, 2.45) is 27.6 Å². The molecule has 1 atom stereocenters. The lowest BCUT2D eigenvalue weighted by atomic mass is 9.99. The first-order valence-electron chi connectivity index (χ1n) is 12.5. The second-order valence-corrected chi connectivity index (χ2v) is 9.89. The van der Waals surface area contributed by atoms with Crippen LogP contribution in [0, 0.1) is 23.2 Å². The summed E-state index contributed by atoms with van der Waals surface area (Å²) in [6, 6.07) is 4.54. The average Bonchev–Trinajstić information content (AvgIpc) is 3.73. The molecule has 0 unspecified atom stereocenters. The number of hydrogen-bond donors (Lipinski definition) is 1. The molecule has 1 amide bonds. The number of pyridine rings is 1. The molecule has 4 fully saturated rings. The summed E-state index contributed by atoms with van der Waals surface area (Å²) >= 11 is 0. The van der Waals surface area contributed by atoms with Gasteiger partial charge in [-0.15, -0.1) is 0 Å². The minimum atomic E-state index is 0.228. The Labute approximate surface area is 201 Å². The number of carbonyl (C=O) groups is 1. The summed E-state index contributed by atoms with van der Waals surface area (Å²) in [7, 11) is 1.72. The highest BCUT2D eigenvalue weighted by molar-refractivity contribution is 6.10. The summed E-state index contributed by atoms with van der Waals surface area (Å²) in [5.74, 6) is 2.30. The molecule has 5 rings (SSSR count). The van der Waals surface area contributed by atoms with Crippen molar-refractivity contribution in [1.82, 2.24) is 9.88 Å². The Morgan fingerprint density at radius 2 is 2.06 bits per heavy atom. The van der Waals surface area contributed by atoms with Gasteiger partial charge >= 0.3 is 0 Å². The molecule has 8 heteroatoms. The minimum absolute atomic E-state index is 0.228. The van der Waals surface area contributed by atoms with E-state index in [1.807, 2.05) is 6.07 Å². The van der Waals surface area contributed by atoms with Crippen molar-refractivity contribution in [3.63, 3.8) is 0 Å². The summed E-state index contributed by atoms with van der Waals surface area (Å²) < 4.78 is 0. The van der Waals surface area contributed by atoms with Gasteiger partial charge in [0.1, 0.15) is 11.9 Å². The van der Waals surface area contributed by atoms with Gasteiger partial charge < -0.3 is 15.5 Å². The topological polar surface area (TPSA) is 111 Å². The number of anilines is 1. The number of nitrogens with two attached hydrogens (primary N) is 1. The van der Waals surface area contributed by atoms with E-state index in [1.54, 1.807) is 25.7 Å². The Morgan fingerprint density at radius 3 is 2.68 bits per heavy atom. The molecule has 2 N–H and O–H groups in total. The van der Waals surface area contributed by atoms with Crippen LogP contribution in [0.3, 0.4) is 0 Å². The number of aliphatic imine (C=N–C) groups is 2. The van der Waals surface area contributed by atoms with Gasteiger partial charge in [-0.2, -0.15) is 5.26 Å². The Kier molecular flexibility index (Phi) is 6.36. The number of piperazine rings is 1. The molecule has 3 aliphatic carbocycles. The Hall–Kier alpha value is -3.21. The van der Waals surface area contributed by atoms with Gasteiger partial charge in [-0.3, -0.25) is 14.8 Å². The molecule has 8 nitrogen and oxygen atoms in total. The first-order chi connectivity index (χ1) is 16.6. The second-order valence-electron chi connectivity index (χ2n) is 9.89. The van der Waals surface area contributed by atoms with Gasteiger partial charge in [-0.05, 0) is 50.5 Å². The van der Waals surface area contributed by atoms with Crippen LogP contribution in [0.4, 0.5) is 5.82 Å². The van der Waals surface area contributed by atoms with Crippen molar-refractivity contribution in [2.45, 2.75) is 50.5 Å². The second kappa shape index (κ2) is 9.57. The standard InChI is InChI=1S/C26H33N7O/c1-29-8-9-30-15-21(14-28)22-12-20(13-27)25(31-24(22)18-4-5-18)32-10-11-33(26(34)19-6-7-19)23(16-32)17-2-3-17/h8,12,14-15,17-19,23H,2-7,9-11,16,28H2,1H3/t23-/m0/s1. The van der Waals surface area contributed by atoms with E-state index in [4.69, 9.17) is 10.7 Å². The summed E-state index contributed by atoms with van der Waals surface area (Å²) in [4.78, 5) is 30.7. The lowest BCUT2D eigenvalue weighted by molar-refractivity contribution is -0.135. The van der Waals surface area contributed by atoms with Gasteiger partial charge in [0.25, 0.3) is 0 Å². The predicted octanol–water partition coefficient (Wildman–Crippen LogP) is 2.74. The smallest absolute Gasteiger partial charge is 0.226 e. The van der Waals surface area contributed by atoms with E-state index in [9.17, 15) is 10.1 Å². The monoisotopic (exact) mass is 459 g/mol. The number of carbonyl (C=O) groups excluding carboxylic acids is 1. The fourth-order valence-electron chi connectivity index (χ4n) is 4.95. The van der Waals surface area contributed by atoms with E-state index in [1.165, 1.54) is 12.8 Å². The minimum Gasteiger partial charge on any atom is -0.404 e. The number of rotatable bonds is 8. The number of nitrogens with zero attached hydrogens (tertiary/aromatic N) is 6. The van der Waals surface area contributed by atoms with Crippen LogP contribution in [-0.2, 0) is 4.79 Å². The zero-order valence-electron chi connectivity index (χ0n) is 19.9. The van der Waals surface area contributed by atoms with Crippen molar-refractivity contribution < 1.29 is 4.79 Å². The summed E-state index contributed by atoms with van der Waals surface area (Å²) in [6.45, 7) is 2.66. The van der Waals surface area contributed by atoms with E-state index in [-0.39, 0.29) is 12.0 Å². The SMILES string of the molecule is CN=CCN=CC(=CN)c1cc(C#N)c(N2CCN(C(=O)C3CC3)[C@H](C3CC3)C2)nc1C1CC1. The maximum Gasteiger partial charge on any atom is 0.226 e. The first-order valence-corrected chi connectivity index (χ1v) is 12.5. The van der Waals surface area contributed by atoms with Gasteiger partial charge in [0.05, 0.1) is 23.8 Å². The van der Waals surface area contributed by atoms with Crippen LogP contribution in [0.1, 0.15) is 61.3 Å². The highest BCUT2D eigenvalue weighted by Gasteiger charge is 2.45. The van der Waals surface area contributed by atoms with Crippen molar-refractivity contribution >= 4 is 29.7 Å². The van der Waals surface area contributed by atoms with Gasteiger partial charge in [-0.1, -0.05) is 0 Å². The lowest BCUT2D eigenvalue weighted by Crippen LogP contribution is -2.57. The van der Waals surface area contributed by atoms with Crippen LogP contribution in [-0.4, -0.2) is 67.5 Å². The van der Waals surface area contributed by atoms with E-state index >= 15 is 0 Å². The van der Waals surface area contributed by atoms with Gasteiger partial charge in [0, 0.05) is 68.3 Å². The molecule has 0 bridgehead atoms. The molecule has 1 aromatic rings. The highest BCUT2D eigenvalue weighted by atomic mass is 16.2. The maximum absolute atomic E-state index is 12.9. The number of hydrogen-bond acceptors (Lipinski definition) is 7. The number of nitriles is 1. The fourth-order valence-corrected chi connectivity index (χ4v) is 4.95. The molecule has 2 heterocycles. The van der Waals surface area contributed by atoms with Gasteiger partial charge in [0.15, 0.2) is 0 Å². The van der Waals surface area contributed by atoms with E-state index in [0.29, 0.717) is 42.9 Å². The first kappa shape index (κ1) is 22.6. The fraction of sp³-hybridized carbons (Fsp3) is 0.577. The molecule has 3 saturated carbocycles. The zero-order valence-corrected chi connectivity index (χ0v) is 19.9. The van der Waals surface area contributed by atoms with Gasteiger partial charge in [-0.25, -0.2) is 4.98 Å². The molecule has 0 radical (unpaired) electrons. The Balaban J connectivity index is 1.44. The van der Waals surface area contributed by atoms with Gasteiger partial charge in [0.2, 0.25) is 5.91 Å². The number of amides is 1. The highest BCUT2D eigenvalue weighted by Crippen LogP contribution is 2.44. The van der Waals surface area contributed by atoms with E-state index in [2.05, 4.69) is 25.9 Å². The van der Waals surface area contributed by atoms with Crippen molar-refractivity contribution in [1.29, 1.82) is 5.26 Å². The normalized spacial score (nSPS) is 23.6. The third-order valence-corrected chi connectivity index (χ3v) is 7.30. The predicted molar refractivity (Wildman–Crippen MR) is 134 cm³/mol. The maximum atomic E-state index is 12.9. The molecule has 0 aromatic carbocycles. The zero-order chi connectivity index (χ0) is 23.7. The largest absolute Gasteiger partial charge is 0.404 e. The summed E-state index contributed by atoms with van der Waals surface area (Å²) in [5, 5.41) is 10.0. The lowest BCUT2D eigenvalue weighted by Gasteiger charge is -2.43. The molecule has 1 aliphatic heterocycles. The molecule has 4 aliphatic rings. The van der Waals surface area contributed by atoms with Crippen LogP contribution in [0.25, 0.3) is 5.57 Å². The Morgan fingerprint density at radius 1 is 1.26 bits per heavy atom. The van der Waals surface area contributed by atoms with Crippen LogP contribution < -0.4 is 10.6 Å². The quantitative estimate of drug-likeness (QED) is 0.601. The molecule has 178 valence electrons. The molecule has 1 saturated heterocycles. The van der Waals surface area contributed by atoms with Crippen LogP contribution >= 0.6 is 0 Å². The third-order valence-electron chi connectivity index (χ3n) is 7.30.